The van der Waals surface area contributed by atoms with Crippen LogP contribution in [0.15, 0.2) is 12.4 Å². The van der Waals surface area contributed by atoms with Gasteiger partial charge < -0.3 is 10.2 Å². The highest BCUT2D eigenvalue weighted by molar-refractivity contribution is 5.04. The summed E-state index contributed by atoms with van der Waals surface area (Å²) in [5.74, 6) is 0. The van der Waals surface area contributed by atoms with E-state index in [4.69, 9.17) is 0 Å². The summed E-state index contributed by atoms with van der Waals surface area (Å²) in [4.78, 5) is 2.68. The van der Waals surface area contributed by atoms with Crippen molar-refractivity contribution in [3.8, 4) is 0 Å². The Balaban J connectivity index is 1.57. The normalized spacial score (nSPS) is 23.9. The first-order valence-electron chi connectivity index (χ1n) is 8.21. The van der Waals surface area contributed by atoms with Gasteiger partial charge in [-0.25, -0.2) is 0 Å². The highest BCUT2D eigenvalue weighted by atomic mass is 15.2. The second-order valence-corrected chi connectivity index (χ2v) is 6.67. The zero-order chi connectivity index (χ0) is 13.8. The van der Waals surface area contributed by atoms with Crippen molar-refractivity contribution in [2.75, 3.05) is 26.2 Å². The standard InChI is InChI=1S/C16H28N4/c1-19-13-15(12-18-19)6-11-20-10-5-9-17-16(14-20)7-3-2-4-8-16/h12-13,17H,2-11,14H2,1H3. The van der Waals surface area contributed by atoms with E-state index in [1.54, 1.807) is 0 Å². The van der Waals surface area contributed by atoms with E-state index in [-0.39, 0.29) is 0 Å². The number of aromatic nitrogens is 2. The van der Waals surface area contributed by atoms with Gasteiger partial charge in [-0.2, -0.15) is 5.10 Å². The van der Waals surface area contributed by atoms with Crippen LogP contribution in [0.5, 0.6) is 0 Å². The molecule has 2 heterocycles. The van der Waals surface area contributed by atoms with Crippen molar-refractivity contribution < 1.29 is 0 Å². The van der Waals surface area contributed by atoms with Crippen molar-refractivity contribution in [1.29, 1.82) is 0 Å². The van der Waals surface area contributed by atoms with E-state index in [0.717, 1.165) is 6.42 Å². The summed E-state index contributed by atoms with van der Waals surface area (Å²) >= 11 is 0. The minimum Gasteiger partial charge on any atom is -0.310 e. The number of nitrogens with one attached hydrogen (secondary N) is 1. The molecular weight excluding hydrogens is 248 g/mol. The third kappa shape index (κ3) is 3.41. The number of aryl methyl sites for hydroxylation is 1. The van der Waals surface area contributed by atoms with Gasteiger partial charge in [-0.3, -0.25) is 4.68 Å². The molecule has 20 heavy (non-hydrogen) atoms. The molecule has 1 saturated carbocycles. The lowest BCUT2D eigenvalue weighted by atomic mass is 9.81. The summed E-state index contributed by atoms with van der Waals surface area (Å²) in [5, 5.41) is 8.14. The molecule has 0 amide bonds. The van der Waals surface area contributed by atoms with E-state index in [2.05, 4.69) is 21.5 Å². The molecule has 1 aromatic heterocycles. The summed E-state index contributed by atoms with van der Waals surface area (Å²) < 4.78 is 1.90. The SMILES string of the molecule is Cn1cc(CCN2CCCNC3(CCCCC3)C2)cn1. The van der Waals surface area contributed by atoms with Gasteiger partial charge in [0.05, 0.1) is 6.20 Å². The Bertz CT molecular complexity index is 420. The molecule has 1 spiro atoms. The Hall–Kier alpha value is -0.870. The van der Waals surface area contributed by atoms with E-state index >= 15 is 0 Å². The fourth-order valence-electron chi connectivity index (χ4n) is 3.86. The van der Waals surface area contributed by atoms with Crippen LogP contribution in [0.2, 0.25) is 0 Å². The van der Waals surface area contributed by atoms with Gasteiger partial charge in [0, 0.05) is 31.9 Å². The molecule has 2 aliphatic rings. The maximum Gasteiger partial charge on any atom is 0.0522 e. The van der Waals surface area contributed by atoms with E-state index in [1.165, 1.54) is 70.3 Å². The van der Waals surface area contributed by atoms with E-state index in [0.29, 0.717) is 5.54 Å². The number of hydrogen-bond acceptors (Lipinski definition) is 3. The van der Waals surface area contributed by atoms with Crippen LogP contribution < -0.4 is 5.32 Å². The monoisotopic (exact) mass is 276 g/mol. The molecule has 0 bridgehead atoms. The highest BCUT2D eigenvalue weighted by Gasteiger charge is 2.34. The maximum absolute atomic E-state index is 4.27. The van der Waals surface area contributed by atoms with Gasteiger partial charge in [0.25, 0.3) is 0 Å². The maximum atomic E-state index is 4.27. The van der Waals surface area contributed by atoms with Gasteiger partial charge in [-0.1, -0.05) is 19.3 Å². The van der Waals surface area contributed by atoms with Crippen LogP contribution in [-0.2, 0) is 13.5 Å². The molecule has 0 atom stereocenters. The molecule has 1 aliphatic carbocycles. The third-order valence-corrected chi connectivity index (χ3v) is 4.96. The Morgan fingerprint density at radius 3 is 2.85 bits per heavy atom. The molecule has 0 unspecified atom stereocenters. The molecule has 1 N–H and O–H groups in total. The van der Waals surface area contributed by atoms with Crippen LogP contribution in [0.4, 0.5) is 0 Å². The van der Waals surface area contributed by atoms with Crippen molar-refractivity contribution >= 4 is 0 Å². The topological polar surface area (TPSA) is 33.1 Å². The van der Waals surface area contributed by atoms with Crippen molar-refractivity contribution in [2.24, 2.45) is 7.05 Å². The number of hydrogen-bond donors (Lipinski definition) is 1. The minimum absolute atomic E-state index is 0.420. The Morgan fingerprint density at radius 1 is 1.25 bits per heavy atom. The molecule has 0 aromatic carbocycles. The van der Waals surface area contributed by atoms with E-state index < -0.39 is 0 Å². The first-order valence-corrected chi connectivity index (χ1v) is 8.21. The van der Waals surface area contributed by atoms with Gasteiger partial charge in [-0.15, -0.1) is 0 Å². The van der Waals surface area contributed by atoms with Gasteiger partial charge in [-0.05, 0) is 44.3 Å². The summed E-state index contributed by atoms with van der Waals surface area (Å²) in [6, 6.07) is 0. The third-order valence-electron chi connectivity index (χ3n) is 4.96. The van der Waals surface area contributed by atoms with Gasteiger partial charge >= 0.3 is 0 Å². The van der Waals surface area contributed by atoms with Gasteiger partial charge in [0.2, 0.25) is 0 Å². The van der Waals surface area contributed by atoms with E-state index in [1.807, 2.05) is 17.9 Å². The molecule has 3 rings (SSSR count). The van der Waals surface area contributed by atoms with Crippen molar-refractivity contribution in [3.05, 3.63) is 18.0 Å². The van der Waals surface area contributed by atoms with Crippen LogP contribution >= 0.6 is 0 Å². The number of nitrogens with zero attached hydrogens (tertiary/aromatic N) is 3. The lowest BCUT2D eigenvalue weighted by molar-refractivity contribution is 0.165. The van der Waals surface area contributed by atoms with Gasteiger partial charge in [0.15, 0.2) is 0 Å². The molecule has 0 radical (unpaired) electrons. The summed E-state index contributed by atoms with van der Waals surface area (Å²) in [6.45, 7) is 4.86. The molecule has 1 saturated heterocycles. The molecule has 4 nitrogen and oxygen atoms in total. The summed E-state index contributed by atoms with van der Waals surface area (Å²) in [6.07, 6.45) is 13.6. The molecule has 1 aliphatic heterocycles. The molecule has 1 aromatic rings. The summed E-state index contributed by atoms with van der Waals surface area (Å²) in [5.41, 5.74) is 1.78. The largest absolute Gasteiger partial charge is 0.310 e. The van der Waals surface area contributed by atoms with Crippen LogP contribution in [0.3, 0.4) is 0 Å². The van der Waals surface area contributed by atoms with Gasteiger partial charge in [0.1, 0.15) is 0 Å². The zero-order valence-corrected chi connectivity index (χ0v) is 12.8. The Morgan fingerprint density at radius 2 is 2.10 bits per heavy atom. The lowest BCUT2D eigenvalue weighted by Crippen LogP contribution is -2.52. The first kappa shape index (κ1) is 14.1. The van der Waals surface area contributed by atoms with Crippen molar-refractivity contribution in [1.82, 2.24) is 20.0 Å². The van der Waals surface area contributed by atoms with E-state index in [9.17, 15) is 0 Å². The Kier molecular flexibility index (Phi) is 4.41. The second-order valence-electron chi connectivity index (χ2n) is 6.67. The molecule has 2 fully saturated rings. The average Bonchev–Trinajstić information content (AvgIpc) is 2.77. The Labute approximate surface area is 122 Å². The smallest absolute Gasteiger partial charge is 0.0522 e. The predicted octanol–water partition coefficient (Wildman–Crippen LogP) is 1.96. The lowest BCUT2D eigenvalue weighted by Gasteiger charge is -2.40. The second kappa shape index (κ2) is 6.27. The highest BCUT2D eigenvalue weighted by Crippen LogP contribution is 2.30. The molecule has 112 valence electrons. The quantitative estimate of drug-likeness (QED) is 0.916. The summed E-state index contributed by atoms with van der Waals surface area (Å²) in [7, 11) is 2.00. The fourth-order valence-corrected chi connectivity index (χ4v) is 3.86. The zero-order valence-electron chi connectivity index (χ0n) is 12.8. The van der Waals surface area contributed by atoms with Crippen LogP contribution in [-0.4, -0.2) is 46.4 Å². The minimum atomic E-state index is 0.420. The predicted molar refractivity (Wildman–Crippen MR) is 81.8 cm³/mol. The fraction of sp³-hybridized carbons (Fsp3) is 0.812. The van der Waals surface area contributed by atoms with Crippen LogP contribution in [0.25, 0.3) is 0 Å². The number of rotatable bonds is 3. The van der Waals surface area contributed by atoms with Crippen molar-refractivity contribution in [3.63, 3.8) is 0 Å². The molecular formula is C16H28N4. The van der Waals surface area contributed by atoms with Crippen LogP contribution in [0.1, 0.15) is 44.1 Å². The average molecular weight is 276 g/mol. The van der Waals surface area contributed by atoms with Crippen LogP contribution in [0, 0.1) is 0 Å². The van der Waals surface area contributed by atoms with Crippen molar-refractivity contribution in [2.45, 2.75) is 50.5 Å². The molecule has 4 heteroatoms. The first-order chi connectivity index (χ1) is 9.76.